The van der Waals surface area contributed by atoms with Crippen LogP contribution in [0.25, 0.3) is 0 Å². The average molecular weight is 265 g/mol. The number of alkyl halides is 3. The van der Waals surface area contributed by atoms with Crippen molar-refractivity contribution < 1.29 is 23.1 Å². The fourth-order valence-corrected chi connectivity index (χ4v) is 2.01. The summed E-state index contributed by atoms with van der Waals surface area (Å²) in [6, 6.07) is 1.31. The van der Waals surface area contributed by atoms with Gasteiger partial charge >= 0.3 is 12.1 Å². The zero-order chi connectivity index (χ0) is 13.8. The fraction of sp³-hybridized carbons (Fsp3) is 0.800. The van der Waals surface area contributed by atoms with Gasteiger partial charge < -0.3 is 10.4 Å². The van der Waals surface area contributed by atoms with Gasteiger partial charge in [-0.2, -0.15) is 18.4 Å². The maximum absolute atomic E-state index is 12.1. The zero-order valence-electron chi connectivity index (χ0n) is 9.57. The molecular weight excluding hydrogens is 251 g/mol. The lowest BCUT2D eigenvalue weighted by molar-refractivity contribution is -0.144. The Balaban J connectivity index is 2.56. The average Bonchev–Trinajstić information content (AvgIpc) is 2.25. The van der Waals surface area contributed by atoms with Crippen molar-refractivity contribution in [1.82, 2.24) is 10.2 Å². The summed E-state index contributed by atoms with van der Waals surface area (Å²) in [4.78, 5) is 12.4. The van der Waals surface area contributed by atoms with Crippen LogP contribution < -0.4 is 5.32 Å². The van der Waals surface area contributed by atoms with Crippen molar-refractivity contribution in [2.75, 3.05) is 26.2 Å². The molecule has 2 atom stereocenters. The number of rotatable bonds is 4. The Kier molecular flexibility index (Phi) is 4.93. The van der Waals surface area contributed by atoms with Crippen LogP contribution in [0.15, 0.2) is 0 Å². The number of nitrogens with zero attached hydrogens (tertiary/aromatic N) is 2. The van der Waals surface area contributed by atoms with Crippen LogP contribution in [0.4, 0.5) is 13.2 Å². The predicted octanol–water partition coefficient (Wildman–Crippen LogP) is 0.437. The van der Waals surface area contributed by atoms with Gasteiger partial charge in [0.1, 0.15) is 0 Å². The summed E-state index contributed by atoms with van der Waals surface area (Å²) in [6.45, 7) is -0.668. The van der Waals surface area contributed by atoms with Gasteiger partial charge in [0.05, 0.1) is 25.1 Å². The monoisotopic (exact) mass is 265 g/mol. The molecule has 1 aliphatic heterocycles. The number of hydrogen-bond acceptors (Lipinski definition) is 4. The Bertz CT molecular complexity index is 340. The lowest BCUT2D eigenvalue weighted by Gasteiger charge is -2.35. The minimum atomic E-state index is -4.32. The fourth-order valence-electron chi connectivity index (χ4n) is 2.01. The number of aliphatic carboxylic acids is 1. The van der Waals surface area contributed by atoms with Crippen LogP contribution in [0.3, 0.4) is 0 Å². The first-order valence-electron chi connectivity index (χ1n) is 5.44. The van der Waals surface area contributed by atoms with Crippen molar-refractivity contribution in [2.45, 2.75) is 18.6 Å². The van der Waals surface area contributed by atoms with Gasteiger partial charge in [-0.15, -0.1) is 0 Å². The van der Waals surface area contributed by atoms with E-state index in [1.807, 2.05) is 6.07 Å². The van der Waals surface area contributed by atoms with Crippen LogP contribution >= 0.6 is 0 Å². The van der Waals surface area contributed by atoms with E-state index >= 15 is 0 Å². The number of hydrogen-bond donors (Lipinski definition) is 2. The van der Waals surface area contributed by atoms with Gasteiger partial charge in [-0.3, -0.25) is 9.69 Å². The summed E-state index contributed by atoms with van der Waals surface area (Å²) in [5, 5.41) is 19.8. The molecule has 18 heavy (non-hydrogen) atoms. The minimum absolute atomic E-state index is 0.0218. The Morgan fingerprint density at radius 1 is 1.50 bits per heavy atom. The second-order valence-electron chi connectivity index (χ2n) is 4.32. The Morgan fingerprint density at radius 3 is 2.67 bits per heavy atom. The molecular formula is C10H14F3N3O2. The van der Waals surface area contributed by atoms with Crippen molar-refractivity contribution >= 4 is 5.97 Å². The second kappa shape index (κ2) is 6.02. The number of likely N-dealkylation sites (tertiary alicyclic amines) is 1. The van der Waals surface area contributed by atoms with Crippen molar-refractivity contribution in [3.05, 3.63) is 0 Å². The lowest BCUT2D eigenvalue weighted by atomic mass is 9.94. The van der Waals surface area contributed by atoms with E-state index in [1.165, 1.54) is 0 Å². The van der Waals surface area contributed by atoms with Gasteiger partial charge in [-0.1, -0.05) is 0 Å². The summed E-state index contributed by atoms with van der Waals surface area (Å²) in [6.07, 6.45) is -4.18. The summed E-state index contributed by atoms with van der Waals surface area (Å²) in [5.74, 6) is -1.78. The first kappa shape index (κ1) is 14.7. The number of nitriles is 1. The second-order valence-corrected chi connectivity index (χ2v) is 4.32. The number of carboxylic acids is 1. The number of piperidine rings is 1. The van der Waals surface area contributed by atoms with E-state index in [1.54, 1.807) is 4.90 Å². The normalized spacial score (nSPS) is 25.7. The maximum atomic E-state index is 12.1. The first-order chi connectivity index (χ1) is 8.31. The molecule has 0 bridgehead atoms. The molecule has 0 radical (unpaired) electrons. The molecule has 2 unspecified atom stereocenters. The molecule has 1 rings (SSSR count). The van der Waals surface area contributed by atoms with E-state index < -0.39 is 30.7 Å². The SMILES string of the molecule is N#CCN1CC(NCC(F)(F)F)CC(C(=O)O)C1. The van der Waals surface area contributed by atoms with E-state index in [2.05, 4.69) is 5.32 Å². The topological polar surface area (TPSA) is 76.4 Å². The van der Waals surface area contributed by atoms with Crippen LogP contribution in [0.5, 0.6) is 0 Å². The number of carboxylic acid groups (broad SMARTS) is 1. The molecule has 0 aromatic heterocycles. The van der Waals surface area contributed by atoms with E-state index in [0.29, 0.717) is 0 Å². The van der Waals surface area contributed by atoms with Crippen molar-refractivity contribution in [1.29, 1.82) is 5.26 Å². The highest BCUT2D eigenvalue weighted by atomic mass is 19.4. The van der Waals surface area contributed by atoms with Crippen LogP contribution in [0, 0.1) is 17.2 Å². The zero-order valence-corrected chi connectivity index (χ0v) is 9.57. The molecule has 1 fully saturated rings. The van der Waals surface area contributed by atoms with Gasteiger partial charge in [-0.25, -0.2) is 0 Å². The summed E-state index contributed by atoms with van der Waals surface area (Å²) < 4.78 is 36.2. The number of carbonyl (C=O) groups is 1. The first-order valence-corrected chi connectivity index (χ1v) is 5.44. The number of halogens is 3. The highest BCUT2D eigenvalue weighted by Crippen LogP contribution is 2.19. The van der Waals surface area contributed by atoms with Crippen molar-refractivity contribution in [3.63, 3.8) is 0 Å². The summed E-state index contributed by atoms with van der Waals surface area (Å²) >= 11 is 0. The molecule has 0 amide bonds. The quantitative estimate of drug-likeness (QED) is 0.721. The standard InChI is InChI=1S/C10H14F3N3O2/c11-10(12,13)6-15-8-3-7(9(17)18)4-16(5-8)2-1-14/h7-8,15H,2-6H2,(H,17,18). The molecule has 0 aromatic carbocycles. The molecule has 8 heteroatoms. The Labute approximate surface area is 102 Å². The molecule has 2 N–H and O–H groups in total. The van der Waals surface area contributed by atoms with Crippen LogP contribution in [0.2, 0.25) is 0 Å². The third-order valence-corrected chi connectivity index (χ3v) is 2.76. The molecule has 1 saturated heterocycles. The van der Waals surface area contributed by atoms with Gasteiger partial charge in [0, 0.05) is 19.1 Å². The van der Waals surface area contributed by atoms with Gasteiger partial charge in [0.25, 0.3) is 0 Å². The van der Waals surface area contributed by atoms with Crippen LogP contribution in [-0.2, 0) is 4.79 Å². The van der Waals surface area contributed by atoms with E-state index in [9.17, 15) is 18.0 Å². The summed E-state index contributed by atoms with van der Waals surface area (Å²) in [5.41, 5.74) is 0. The third-order valence-electron chi connectivity index (χ3n) is 2.76. The highest BCUT2D eigenvalue weighted by molar-refractivity contribution is 5.70. The third kappa shape index (κ3) is 4.89. The van der Waals surface area contributed by atoms with E-state index in [-0.39, 0.29) is 26.1 Å². The van der Waals surface area contributed by atoms with Gasteiger partial charge in [-0.05, 0) is 6.42 Å². The smallest absolute Gasteiger partial charge is 0.401 e. The summed E-state index contributed by atoms with van der Waals surface area (Å²) in [7, 11) is 0. The Hall–Kier alpha value is -1.33. The number of nitrogens with one attached hydrogen (secondary N) is 1. The van der Waals surface area contributed by atoms with Crippen molar-refractivity contribution in [3.8, 4) is 6.07 Å². The largest absolute Gasteiger partial charge is 0.481 e. The van der Waals surface area contributed by atoms with Crippen molar-refractivity contribution in [2.24, 2.45) is 5.92 Å². The molecule has 1 heterocycles. The maximum Gasteiger partial charge on any atom is 0.401 e. The molecule has 1 aliphatic rings. The molecule has 0 saturated carbocycles. The highest BCUT2D eigenvalue weighted by Gasteiger charge is 2.34. The van der Waals surface area contributed by atoms with Gasteiger partial charge in [0.15, 0.2) is 0 Å². The molecule has 102 valence electrons. The van der Waals surface area contributed by atoms with Crippen LogP contribution in [-0.4, -0.2) is 54.4 Å². The lowest BCUT2D eigenvalue weighted by Crippen LogP contribution is -2.52. The van der Waals surface area contributed by atoms with Crippen LogP contribution in [0.1, 0.15) is 6.42 Å². The molecule has 0 aliphatic carbocycles. The molecule has 0 aromatic rings. The molecule has 0 spiro atoms. The van der Waals surface area contributed by atoms with E-state index in [0.717, 1.165) is 0 Å². The predicted molar refractivity (Wildman–Crippen MR) is 55.6 cm³/mol. The molecule has 5 nitrogen and oxygen atoms in total. The minimum Gasteiger partial charge on any atom is -0.481 e. The Morgan fingerprint density at radius 2 is 2.17 bits per heavy atom. The van der Waals surface area contributed by atoms with Gasteiger partial charge in [0.2, 0.25) is 0 Å². The van der Waals surface area contributed by atoms with E-state index in [4.69, 9.17) is 10.4 Å².